The van der Waals surface area contributed by atoms with Gasteiger partial charge in [-0.3, -0.25) is 37.3 Å². The molecule has 0 aromatic heterocycles. The van der Waals surface area contributed by atoms with E-state index in [-0.39, 0.29) is 25.7 Å². The second kappa shape index (κ2) is 64.4. The van der Waals surface area contributed by atoms with Crippen molar-refractivity contribution >= 4 is 39.5 Å². The number of phosphoric ester groups is 2. The van der Waals surface area contributed by atoms with Gasteiger partial charge in [-0.25, -0.2) is 9.13 Å². The highest BCUT2D eigenvalue weighted by molar-refractivity contribution is 7.47. The molecule has 0 rings (SSSR count). The fourth-order valence-electron chi connectivity index (χ4n) is 11.4. The molecule has 19 heteroatoms. The minimum atomic E-state index is -4.96. The van der Waals surface area contributed by atoms with Crippen LogP contribution in [0.5, 0.6) is 0 Å². The zero-order chi connectivity index (χ0) is 69.6. The molecule has 0 aliphatic heterocycles. The van der Waals surface area contributed by atoms with Crippen LogP contribution in [-0.2, 0) is 65.4 Å². The first kappa shape index (κ1) is 92.1. The molecule has 0 aliphatic carbocycles. The third kappa shape index (κ3) is 68.6. The largest absolute Gasteiger partial charge is 0.472 e. The van der Waals surface area contributed by atoms with E-state index >= 15 is 0 Å². The summed E-state index contributed by atoms with van der Waals surface area (Å²) in [5, 5.41) is 10.6. The Balaban J connectivity index is 5.23. The summed E-state index contributed by atoms with van der Waals surface area (Å²) >= 11 is 0. The van der Waals surface area contributed by atoms with Gasteiger partial charge in [0.1, 0.15) is 19.3 Å². The van der Waals surface area contributed by atoms with Crippen molar-refractivity contribution in [1.82, 2.24) is 0 Å². The van der Waals surface area contributed by atoms with Crippen LogP contribution in [0.2, 0.25) is 0 Å². The lowest BCUT2D eigenvalue weighted by atomic mass is 10.0. The summed E-state index contributed by atoms with van der Waals surface area (Å²) in [7, 11) is -9.91. The number of esters is 4. The molecule has 17 nitrogen and oxygen atoms in total. The van der Waals surface area contributed by atoms with Gasteiger partial charge >= 0.3 is 39.5 Å². The molecule has 0 aromatic rings. The third-order valence-corrected chi connectivity index (χ3v) is 19.2. The average molecular weight is 1380 g/mol. The molecule has 0 radical (unpaired) electrons. The van der Waals surface area contributed by atoms with E-state index in [1.54, 1.807) is 0 Å². The van der Waals surface area contributed by atoms with Crippen molar-refractivity contribution in [3.05, 3.63) is 0 Å². The predicted molar refractivity (Wildman–Crippen MR) is 381 cm³/mol. The highest BCUT2D eigenvalue weighted by Gasteiger charge is 2.30. The Morgan fingerprint density at radius 2 is 0.447 bits per heavy atom. The van der Waals surface area contributed by atoms with Crippen LogP contribution in [0.4, 0.5) is 0 Å². The third-order valence-electron chi connectivity index (χ3n) is 17.3. The molecule has 0 fully saturated rings. The van der Waals surface area contributed by atoms with Gasteiger partial charge in [0.15, 0.2) is 12.2 Å². The lowest BCUT2D eigenvalue weighted by molar-refractivity contribution is -0.161. The van der Waals surface area contributed by atoms with E-state index in [9.17, 15) is 43.2 Å². The number of unbranched alkanes of at least 4 members (excludes halogenated alkanes) is 38. The number of aliphatic hydroxyl groups is 1. The van der Waals surface area contributed by atoms with Gasteiger partial charge in [-0.1, -0.05) is 325 Å². The van der Waals surface area contributed by atoms with Crippen LogP contribution in [0.1, 0.15) is 376 Å². The lowest BCUT2D eigenvalue weighted by Gasteiger charge is -2.21. The molecule has 2 unspecified atom stereocenters. The molecule has 0 saturated carbocycles. The van der Waals surface area contributed by atoms with Crippen molar-refractivity contribution in [3.8, 4) is 0 Å². The van der Waals surface area contributed by atoms with Gasteiger partial charge in [0.25, 0.3) is 0 Å². The number of aliphatic hydroxyl groups excluding tert-OH is 1. The zero-order valence-corrected chi connectivity index (χ0v) is 63.4. The van der Waals surface area contributed by atoms with Crippen molar-refractivity contribution in [3.63, 3.8) is 0 Å². The topological polar surface area (TPSA) is 237 Å². The zero-order valence-electron chi connectivity index (χ0n) is 61.6. The van der Waals surface area contributed by atoms with E-state index in [0.29, 0.717) is 31.6 Å². The monoisotopic (exact) mass is 1380 g/mol. The molecule has 0 aliphatic rings. The summed E-state index contributed by atoms with van der Waals surface area (Å²) in [5.74, 6) is 0.886. The van der Waals surface area contributed by atoms with Crippen LogP contribution in [0.3, 0.4) is 0 Å². The number of carbonyl (C=O) groups excluding carboxylic acids is 4. The second-order valence-corrected chi connectivity index (χ2v) is 31.9. The smallest absolute Gasteiger partial charge is 0.462 e. The van der Waals surface area contributed by atoms with Crippen LogP contribution in [-0.4, -0.2) is 96.7 Å². The molecule has 0 bridgehead atoms. The first-order valence-corrected chi connectivity index (χ1v) is 41.7. The van der Waals surface area contributed by atoms with E-state index in [1.165, 1.54) is 173 Å². The molecule has 0 amide bonds. The first-order valence-electron chi connectivity index (χ1n) is 38.7. The maximum Gasteiger partial charge on any atom is 0.472 e. The summed E-state index contributed by atoms with van der Waals surface area (Å²) < 4.78 is 68.5. The molecule has 5 atom stereocenters. The van der Waals surface area contributed by atoms with Crippen molar-refractivity contribution < 1.29 is 80.2 Å². The Kier molecular flexibility index (Phi) is 63.1. The highest BCUT2D eigenvalue weighted by atomic mass is 31.2. The average Bonchev–Trinajstić information content (AvgIpc) is 1.33. The molecule has 0 spiro atoms. The number of phosphoric acid groups is 2. The van der Waals surface area contributed by atoms with Crippen LogP contribution in [0.25, 0.3) is 0 Å². The SMILES string of the molecule is CC(C)CCCCCCCCCCCCCCCC(=O)OC[C@H](COP(=O)(O)OC[C@@H](O)COP(=O)(O)OC[C@@H](COC(=O)CCCCCCCCC(C)C)OC(=O)CCCCCCCCCCCCCCCC(C)C)OC(=O)CCCCCCCCCCCCC(C)C. The quantitative estimate of drug-likeness (QED) is 0.0222. The summed E-state index contributed by atoms with van der Waals surface area (Å²) in [6, 6.07) is 0. The summed E-state index contributed by atoms with van der Waals surface area (Å²) in [4.78, 5) is 72.7. The van der Waals surface area contributed by atoms with Gasteiger partial charge in [0.05, 0.1) is 26.4 Å². The summed E-state index contributed by atoms with van der Waals surface area (Å²) in [5.41, 5.74) is 0. The van der Waals surface area contributed by atoms with Gasteiger partial charge in [-0.2, -0.15) is 0 Å². The van der Waals surface area contributed by atoms with Gasteiger partial charge < -0.3 is 33.8 Å². The first-order chi connectivity index (χ1) is 45.1. The normalized spacial score (nSPS) is 14.2. The van der Waals surface area contributed by atoms with Crippen LogP contribution in [0.15, 0.2) is 0 Å². The Hall–Kier alpha value is -1.94. The fourth-order valence-corrected chi connectivity index (χ4v) is 13.0. The van der Waals surface area contributed by atoms with Crippen molar-refractivity contribution in [2.75, 3.05) is 39.6 Å². The summed E-state index contributed by atoms with van der Waals surface area (Å²) in [6.07, 6.45) is 48.7. The van der Waals surface area contributed by atoms with Crippen molar-refractivity contribution in [2.24, 2.45) is 23.7 Å². The van der Waals surface area contributed by atoms with E-state index in [2.05, 4.69) is 55.4 Å². The van der Waals surface area contributed by atoms with E-state index < -0.39 is 97.5 Å². The Morgan fingerprint density at radius 3 is 0.660 bits per heavy atom. The van der Waals surface area contributed by atoms with Crippen LogP contribution < -0.4 is 0 Å². The van der Waals surface area contributed by atoms with E-state index in [0.717, 1.165) is 114 Å². The van der Waals surface area contributed by atoms with E-state index in [1.807, 2.05) is 0 Å². The minimum Gasteiger partial charge on any atom is -0.462 e. The van der Waals surface area contributed by atoms with Crippen LogP contribution in [0, 0.1) is 23.7 Å². The predicted octanol–water partition coefficient (Wildman–Crippen LogP) is 21.7. The molecule has 0 saturated heterocycles. The van der Waals surface area contributed by atoms with E-state index in [4.69, 9.17) is 37.0 Å². The molecular formula is C75H146O17P2. The number of hydrogen-bond acceptors (Lipinski definition) is 15. The second-order valence-electron chi connectivity index (χ2n) is 28.9. The number of ether oxygens (including phenoxy) is 4. The Labute approximate surface area is 575 Å². The molecule has 94 heavy (non-hydrogen) atoms. The molecule has 0 aromatic carbocycles. The number of hydrogen-bond donors (Lipinski definition) is 3. The molecule has 3 N–H and O–H groups in total. The summed E-state index contributed by atoms with van der Waals surface area (Å²) in [6.45, 7) is 14.1. The van der Waals surface area contributed by atoms with Crippen molar-refractivity contribution in [1.29, 1.82) is 0 Å². The highest BCUT2D eigenvalue weighted by Crippen LogP contribution is 2.45. The van der Waals surface area contributed by atoms with Gasteiger partial charge in [0.2, 0.25) is 0 Å². The van der Waals surface area contributed by atoms with Gasteiger partial charge in [-0.05, 0) is 49.4 Å². The molecule has 558 valence electrons. The van der Waals surface area contributed by atoms with Crippen molar-refractivity contribution in [2.45, 2.75) is 395 Å². The standard InChI is InChI=1S/C75H146O17P2/c1-65(2)51-43-35-27-21-15-11-9-13-17-24-30-39-47-55-72(77)85-61-70(91-75(80)58-50-42-32-26-20-19-23-29-37-45-53-67(5)6)63-89-93(81,82)87-59-69(76)60-88-94(83,84)90-64-71(62-86-73(78)56-48-40-34-33-38-46-54-68(7)8)92-74(79)57-49-41-31-25-18-14-10-12-16-22-28-36-44-52-66(3)4/h65-71,76H,9-64H2,1-8H3,(H,81,82)(H,83,84)/t69-,70-,71-/m1/s1. The maximum atomic E-state index is 13.1. The number of carbonyl (C=O) groups is 4. The Morgan fingerprint density at radius 1 is 0.266 bits per heavy atom. The maximum absolute atomic E-state index is 13.1. The minimum absolute atomic E-state index is 0.106. The molecular weight excluding hydrogens is 1230 g/mol. The number of rotatable bonds is 72. The Bertz CT molecular complexity index is 1850. The van der Waals surface area contributed by atoms with Gasteiger partial charge in [-0.15, -0.1) is 0 Å². The molecule has 0 heterocycles. The van der Waals surface area contributed by atoms with Crippen LogP contribution >= 0.6 is 15.6 Å². The lowest BCUT2D eigenvalue weighted by Crippen LogP contribution is -2.30. The van der Waals surface area contributed by atoms with Gasteiger partial charge in [0, 0.05) is 25.7 Å². The fraction of sp³-hybridized carbons (Fsp3) is 0.947.